The molecule has 0 atom stereocenters. The van der Waals surface area contributed by atoms with Crippen molar-refractivity contribution in [1.82, 2.24) is 20.0 Å². The lowest BCUT2D eigenvalue weighted by Crippen LogP contribution is -2.53. The van der Waals surface area contributed by atoms with Crippen molar-refractivity contribution in [2.45, 2.75) is 31.7 Å². The van der Waals surface area contributed by atoms with Gasteiger partial charge < -0.3 is 24.4 Å². The Bertz CT molecular complexity index is 685. The minimum absolute atomic E-state index is 0.00783. The largest absolute Gasteiger partial charge is 0.459 e. The molecule has 2 aliphatic heterocycles. The first-order valence-corrected chi connectivity index (χ1v) is 9.79. The summed E-state index contributed by atoms with van der Waals surface area (Å²) in [4.78, 5) is 42.6. The molecule has 1 saturated carbocycles. The Kier molecular flexibility index (Phi) is 5.05. The maximum atomic E-state index is 12.8. The monoisotopic (exact) mass is 374 g/mol. The number of amides is 4. The number of carbonyl (C=O) groups is 3. The molecule has 3 aliphatic rings. The van der Waals surface area contributed by atoms with Gasteiger partial charge in [0.15, 0.2) is 5.76 Å². The van der Waals surface area contributed by atoms with Crippen LogP contribution in [0.1, 0.15) is 36.2 Å². The highest BCUT2D eigenvalue weighted by Gasteiger charge is 2.34. The molecule has 0 spiro atoms. The molecule has 0 bridgehead atoms. The van der Waals surface area contributed by atoms with Crippen molar-refractivity contribution in [2.75, 3.05) is 39.3 Å². The first-order chi connectivity index (χ1) is 13.1. The summed E-state index contributed by atoms with van der Waals surface area (Å²) in [6.07, 6.45) is 5.07. The van der Waals surface area contributed by atoms with Gasteiger partial charge in [-0.15, -0.1) is 0 Å². The summed E-state index contributed by atoms with van der Waals surface area (Å²) < 4.78 is 5.17. The van der Waals surface area contributed by atoms with Crippen LogP contribution in [0, 0.1) is 5.92 Å². The Labute approximate surface area is 158 Å². The van der Waals surface area contributed by atoms with Gasteiger partial charge in [-0.25, -0.2) is 4.79 Å². The summed E-state index contributed by atoms with van der Waals surface area (Å²) in [5.74, 6) is 0.346. The number of rotatable bonds is 3. The number of hydrogen-bond donors (Lipinski definition) is 1. The highest BCUT2D eigenvalue weighted by atomic mass is 16.3. The maximum absolute atomic E-state index is 12.8. The predicted molar refractivity (Wildman–Crippen MR) is 97.0 cm³/mol. The normalized spacial score (nSPS) is 21.3. The summed E-state index contributed by atoms with van der Waals surface area (Å²) in [7, 11) is 0. The second-order valence-corrected chi connectivity index (χ2v) is 7.58. The molecular formula is C19H26N4O4. The van der Waals surface area contributed by atoms with Crippen LogP contribution in [0.2, 0.25) is 0 Å². The molecule has 8 nitrogen and oxygen atoms in total. The lowest BCUT2D eigenvalue weighted by atomic mass is 9.95. The summed E-state index contributed by atoms with van der Waals surface area (Å²) in [5, 5.41) is 3.00. The van der Waals surface area contributed by atoms with Crippen LogP contribution in [-0.4, -0.2) is 77.9 Å². The zero-order valence-electron chi connectivity index (χ0n) is 15.4. The zero-order valence-corrected chi connectivity index (χ0v) is 15.4. The number of piperazine rings is 1. The van der Waals surface area contributed by atoms with E-state index < -0.39 is 0 Å². The Morgan fingerprint density at radius 3 is 2.15 bits per heavy atom. The fourth-order valence-corrected chi connectivity index (χ4v) is 3.77. The molecule has 146 valence electrons. The molecule has 1 N–H and O–H groups in total. The van der Waals surface area contributed by atoms with Crippen LogP contribution in [0.5, 0.6) is 0 Å². The first kappa shape index (κ1) is 17.9. The van der Waals surface area contributed by atoms with E-state index in [1.807, 2.05) is 9.80 Å². The van der Waals surface area contributed by atoms with Crippen LogP contribution in [-0.2, 0) is 4.79 Å². The molecule has 1 aromatic rings. The van der Waals surface area contributed by atoms with E-state index in [2.05, 4.69) is 5.32 Å². The van der Waals surface area contributed by atoms with Gasteiger partial charge in [-0.05, 0) is 37.8 Å². The fourth-order valence-electron chi connectivity index (χ4n) is 3.77. The molecular weight excluding hydrogens is 348 g/mol. The number of furan rings is 1. The molecule has 1 aromatic heterocycles. The standard InChI is InChI=1S/C19H26N4O4/c24-17(14-5-7-23(8-6-14)19(26)20-15-3-4-15)21-9-11-22(12-10-21)18(25)16-2-1-13-27-16/h1-2,13-15H,3-12H2,(H,20,26). The van der Waals surface area contributed by atoms with E-state index in [-0.39, 0.29) is 23.8 Å². The fraction of sp³-hybridized carbons (Fsp3) is 0.632. The Balaban J connectivity index is 1.22. The second-order valence-electron chi connectivity index (χ2n) is 7.58. The van der Waals surface area contributed by atoms with Gasteiger partial charge in [0.2, 0.25) is 5.91 Å². The van der Waals surface area contributed by atoms with Crippen molar-refractivity contribution >= 4 is 17.8 Å². The minimum atomic E-state index is -0.123. The molecule has 4 amide bonds. The molecule has 0 aromatic carbocycles. The molecule has 0 radical (unpaired) electrons. The van der Waals surface area contributed by atoms with Gasteiger partial charge >= 0.3 is 6.03 Å². The zero-order chi connectivity index (χ0) is 18.8. The third-order valence-corrected chi connectivity index (χ3v) is 5.65. The van der Waals surface area contributed by atoms with Crippen molar-refractivity contribution in [3.63, 3.8) is 0 Å². The number of piperidine rings is 1. The number of hydrogen-bond acceptors (Lipinski definition) is 4. The van der Waals surface area contributed by atoms with Gasteiger partial charge in [0, 0.05) is 51.2 Å². The van der Waals surface area contributed by atoms with E-state index in [1.165, 1.54) is 6.26 Å². The van der Waals surface area contributed by atoms with Crippen LogP contribution in [0.15, 0.2) is 22.8 Å². The highest BCUT2D eigenvalue weighted by molar-refractivity contribution is 5.91. The first-order valence-electron chi connectivity index (χ1n) is 9.79. The average molecular weight is 374 g/mol. The van der Waals surface area contributed by atoms with Gasteiger partial charge in [-0.2, -0.15) is 0 Å². The molecule has 3 fully saturated rings. The van der Waals surface area contributed by atoms with E-state index in [0.29, 0.717) is 63.9 Å². The SMILES string of the molecule is O=C(NC1CC1)N1CCC(C(=O)N2CCN(C(=O)c3ccco3)CC2)CC1. The number of urea groups is 1. The lowest BCUT2D eigenvalue weighted by molar-refractivity contribution is -0.138. The Morgan fingerprint density at radius 2 is 1.56 bits per heavy atom. The summed E-state index contributed by atoms with van der Waals surface area (Å²) in [6.45, 7) is 3.40. The van der Waals surface area contributed by atoms with Gasteiger partial charge in [-0.1, -0.05) is 0 Å². The smallest absolute Gasteiger partial charge is 0.317 e. The van der Waals surface area contributed by atoms with Crippen molar-refractivity contribution < 1.29 is 18.8 Å². The second kappa shape index (κ2) is 7.62. The topological polar surface area (TPSA) is 86.1 Å². The summed E-state index contributed by atoms with van der Waals surface area (Å²) in [6, 6.07) is 3.72. The number of nitrogens with zero attached hydrogens (tertiary/aromatic N) is 3. The van der Waals surface area contributed by atoms with Gasteiger partial charge in [0.25, 0.3) is 5.91 Å². The Hall–Kier alpha value is -2.51. The Morgan fingerprint density at radius 1 is 0.889 bits per heavy atom. The van der Waals surface area contributed by atoms with E-state index in [9.17, 15) is 14.4 Å². The summed E-state index contributed by atoms with van der Waals surface area (Å²) >= 11 is 0. The van der Waals surface area contributed by atoms with Crippen LogP contribution in [0.4, 0.5) is 4.79 Å². The van der Waals surface area contributed by atoms with Crippen molar-refractivity contribution in [3.8, 4) is 0 Å². The number of carbonyl (C=O) groups excluding carboxylic acids is 3. The average Bonchev–Trinajstić information content (AvgIpc) is 3.35. The van der Waals surface area contributed by atoms with Crippen molar-refractivity contribution in [2.24, 2.45) is 5.92 Å². The van der Waals surface area contributed by atoms with Crippen LogP contribution in [0.3, 0.4) is 0 Å². The minimum Gasteiger partial charge on any atom is -0.459 e. The van der Waals surface area contributed by atoms with Gasteiger partial charge in [0.05, 0.1) is 6.26 Å². The van der Waals surface area contributed by atoms with E-state index in [0.717, 1.165) is 12.8 Å². The molecule has 1 aliphatic carbocycles. The van der Waals surface area contributed by atoms with Crippen LogP contribution < -0.4 is 5.32 Å². The summed E-state index contributed by atoms with van der Waals surface area (Å²) in [5.41, 5.74) is 0. The molecule has 8 heteroatoms. The van der Waals surface area contributed by atoms with E-state index in [4.69, 9.17) is 4.42 Å². The third-order valence-electron chi connectivity index (χ3n) is 5.65. The third kappa shape index (κ3) is 4.09. The van der Waals surface area contributed by atoms with Crippen LogP contribution >= 0.6 is 0 Å². The van der Waals surface area contributed by atoms with E-state index >= 15 is 0 Å². The molecule has 4 rings (SSSR count). The van der Waals surface area contributed by atoms with Gasteiger partial charge in [0.1, 0.15) is 0 Å². The van der Waals surface area contributed by atoms with Crippen molar-refractivity contribution in [3.05, 3.63) is 24.2 Å². The predicted octanol–water partition coefficient (Wildman–Crippen LogP) is 1.15. The van der Waals surface area contributed by atoms with Crippen LogP contribution in [0.25, 0.3) is 0 Å². The van der Waals surface area contributed by atoms with Crippen molar-refractivity contribution in [1.29, 1.82) is 0 Å². The molecule has 3 heterocycles. The lowest BCUT2D eigenvalue weighted by Gasteiger charge is -2.38. The number of nitrogens with one attached hydrogen (secondary N) is 1. The highest BCUT2D eigenvalue weighted by Crippen LogP contribution is 2.23. The number of likely N-dealkylation sites (tertiary alicyclic amines) is 1. The molecule has 27 heavy (non-hydrogen) atoms. The van der Waals surface area contributed by atoms with Gasteiger partial charge in [-0.3, -0.25) is 9.59 Å². The van der Waals surface area contributed by atoms with E-state index in [1.54, 1.807) is 17.0 Å². The molecule has 0 unspecified atom stereocenters. The quantitative estimate of drug-likeness (QED) is 0.860. The maximum Gasteiger partial charge on any atom is 0.317 e. The molecule has 2 saturated heterocycles.